The van der Waals surface area contributed by atoms with Gasteiger partial charge < -0.3 is 19.7 Å². The number of alkyl halides is 1. The Kier molecular flexibility index (Phi) is 5.79. The highest BCUT2D eigenvalue weighted by molar-refractivity contribution is 6.36. The molecule has 2 aromatic rings. The van der Waals surface area contributed by atoms with E-state index in [1.54, 1.807) is 19.4 Å². The third-order valence-corrected chi connectivity index (χ3v) is 5.57. The molecule has 2 N–H and O–H groups in total. The zero-order valence-electron chi connectivity index (χ0n) is 15.7. The van der Waals surface area contributed by atoms with Gasteiger partial charge in [0.05, 0.1) is 28.3 Å². The van der Waals surface area contributed by atoms with E-state index in [-0.39, 0.29) is 18.9 Å². The summed E-state index contributed by atoms with van der Waals surface area (Å²) in [6.45, 7) is 2.61. The summed E-state index contributed by atoms with van der Waals surface area (Å²) in [5.74, 6) is -0.330. The van der Waals surface area contributed by atoms with Crippen LogP contribution in [0.25, 0.3) is 10.9 Å². The highest BCUT2D eigenvalue weighted by Crippen LogP contribution is 2.37. The van der Waals surface area contributed by atoms with Crippen LogP contribution in [0.15, 0.2) is 24.4 Å². The van der Waals surface area contributed by atoms with Gasteiger partial charge in [0.2, 0.25) is 0 Å². The molecule has 1 aliphatic rings. The minimum atomic E-state index is -1.41. The van der Waals surface area contributed by atoms with Gasteiger partial charge in [-0.1, -0.05) is 17.7 Å². The molecule has 148 valence electrons. The maximum Gasteiger partial charge on any atom is 0.253 e. The molecule has 2 atom stereocenters. The largest absolute Gasteiger partial charge is 0.388 e. The van der Waals surface area contributed by atoms with Gasteiger partial charge in [-0.25, -0.2) is 4.39 Å². The van der Waals surface area contributed by atoms with Crippen molar-refractivity contribution in [3.63, 3.8) is 0 Å². The van der Waals surface area contributed by atoms with E-state index in [1.165, 1.54) is 6.92 Å². The van der Waals surface area contributed by atoms with E-state index in [9.17, 15) is 14.3 Å². The van der Waals surface area contributed by atoms with Gasteiger partial charge in [0.1, 0.15) is 5.67 Å². The number of amides is 1. The normalized spacial score (nSPS) is 25.7. The molecule has 1 amide bonds. The fourth-order valence-corrected chi connectivity index (χ4v) is 4.27. The Morgan fingerprint density at radius 3 is 2.93 bits per heavy atom. The second-order valence-corrected chi connectivity index (χ2v) is 8.12. The van der Waals surface area contributed by atoms with Gasteiger partial charge in [-0.05, 0) is 38.3 Å². The van der Waals surface area contributed by atoms with Crippen LogP contribution in [-0.2, 0) is 11.3 Å². The first-order valence-corrected chi connectivity index (χ1v) is 9.58. The average Bonchev–Trinajstić information content (AvgIpc) is 2.97. The number of carbonyl (C=O) groups is 1. The van der Waals surface area contributed by atoms with E-state index in [0.29, 0.717) is 48.4 Å². The van der Waals surface area contributed by atoms with Crippen molar-refractivity contribution in [2.24, 2.45) is 0 Å². The number of carbonyl (C=O) groups excluding carboxylic acids is 1. The number of halogens is 2. The molecule has 1 fully saturated rings. The molecule has 7 heteroatoms. The van der Waals surface area contributed by atoms with Crippen LogP contribution in [0, 0.1) is 0 Å². The number of benzene rings is 1. The Hall–Kier alpha value is -1.63. The topological polar surface area (TPSA) is 63.5 Å². The number of fused-ring (bicyclic) bond motifs is 1. The molecule has 1 aliphatic carbocycles. The number of hydrogen-bond donors (Lipinski definition) is 2. The van der Waals surface area contributed by atoms with Crippen molar-refractivity contribution in [1.82, 2.24) is 9.88 Å². The number of nitrogens with one attached hydrogen (secondary N) is 1. The van der Waals surface area contributed by atoms with E-state index in [1.807, 2.05) is 16.7 Å². The highest BCUT2D eigenvalue weighted by Gasteiger charge is 2.41. The van der Waals surface area contributed by atoms with Gasteiger partial charge in [-0.2, -0.15) is 0 Å². The summed E-state index contributed by atoms with van der Waals surface area (Å²) in [4.78, 5) is 12.8. The Balaban J connectivity index is 1.81. The van der Waals surface area contributed by atoms with Crippen LogP contribution in [0.3, 0.4) is 0 Å². The Bertz CT molecular complexity index is 836. The third-order valence-electron chi connectivity index (χ3n) is 5.25. The lowest BCUT2D eigenvalue weighted by Gasteiger charge is -2.38. The molecular formula is C20H26ClFN2O3. The first-order chi connectivity index (χ1) is 12.7. The van der Waals surface area contributed by atoms with Crippen molar-refractivity contribution in [1.29, 1.82) is 0 Å². The van der Waals surface area contributed by atoms with Crippen LogP contribution in [0.5, 0.6) is 0 Å². The zero-order valence-corrected chi connectivity index (χ0v) is 16.5. The van der Waals surface area contributed by atoms with Crippen molar-refractivity contribution in [2.45, 2.75) is 50.4 Å². The van der Waals surface area contributed by atoms with Crippen LogP contribution in [0.4, 0.5) is 4.39 Å². The van der Waals surface area contributed by atoms with Gasteiger partial charge in [0, 0.05) is 38.2 Å². The van der Waals surface area contributed by atoms with Gasteiger partial charge in [0.25, 0.3) is 5.91 Å². The Morgan fingerprint density at radius 1 is 1.44 bits per heavy atom. The van der Waals surface area contributed by atoms with Crippen molar-refractivity contribution in [3.8, 4) is 0 Å². The van der Waals surface area contributed by atoms with Gasteiger partial charge >= 0.3 is 0 Å². The lowest BCUT2D eigenvalue weighted by atomic mass is 9.77. The summed E-state index contributed by atoms with van der Waals surface area (Å²) in [5.41, 5.74) is -1.35. The first kappa shape index (κ1) is 20.1. The van der Waals surface area contributed by atoms with Gasteiger partial charge in [0.15, 0.2) is 0 Å². The van der Waals surface area contributed by atoms with Crippen molar-refractivity contribution >= 4 is 28.4 Å². The molecule has 1 unspecified atom stereocenters. The highest BCUT2D eigenvalue weighted by atomic mass is 35.5. The number of rotatable bonds is 6. The summed E-state index contributed by atoms with van der Waals surface area (Å²) in [5, 5.41) is 14.6. The molecule has 0 aliphatic heterocycles. The fourth-order valence-electron chi connectivity index (χ4n) is 4.00. The van der Waals surface area contributed by atoms with E-state index >= 15 is 0 Å². The summed E-state index contributed by atoms with van der Waals surface area (Å²) in [6.07, 6.45) is 3.28. The molecule has 0 saturated heterocycles. The van der Waals surface area contributed by atoms with Crippen LogP contribution in [0.2, 0.25) is 5.02 Å². The zero-order chi connectivity index (χ0) is 19.7. The van der Waals surface area contributed by atoms with Crippen LogP contribution in [-0.4, -0.2) is 47.1 Å². The molecular weight excluding hydrogens is 371 g/mol. The predicted molar refractivity (Wildman–Crippen MR) is 104 cm³/mol. The molecule has 0 radical (unpaired) electrons. The van der Waals surface area contributed by atoms with E-state index in [2.05, 4.69) is 5.32 Å². The summed E-state index contributed by atoms with van der Waals surface area (Å²) in [7, 11) is 1.62. The first-order valence-electron chi connectivity index (χ1n) is 9.20. The molecule has 3 rings (SSSR count). The van der Waals surface area contributed by atoms with Crippen LogP contribution >= 0.6 is 11.6 Å². The fraction of sp³-hybridized carbons (Fsp3) is 0.550. The van der Waals surface area contributed by atoms with E-state index in [4.69, 9.17) is 16.3 Å². The molecule has 0 spiro atoms. The molecule has 27 heavy (non-hydrogen) atoms. The smallest absolute Gasteiger partial charge is 0.253 e. The maximum atomic E-state index is 14.3. The monoisotopic (exact) mass is 396 g/mol. The average molecular weight is 397 g/mol. The third kappa shape index (κ3) is 4.45. The molecule has 1 heterocycles. The number of ether oxygens (including phenoxy) is 1. The number of nitrogens with zero attached hydrogens (tertiary/aromatic N) is 1. The summed E-state index contributed by atoms with van der Waals surface area (Å²) in [6, 6.07) is 5.48. The van der Waals surface area contributed by atoms with Crippen molar-refractivity contribution < 1.29 is 19.0 Å². The van der Waals surface area contributed by atoms with E-state index in [0.717, 1.165) is 5.52 Å². The SMILES string of the molecule is COCCn1cc(C(=O)NC[C@@]2(O)CCCC(C)(F)C2)c2c(Cl)cccc21. The van der Waals surface area contributed by atoms with Crippen molar-refractivity contribution in [2.75, 3.05) is 20.3 Å². The second kappa shape index (κ2) is 7.78. The summed E-state index contributed by atoms with van der Waals surface area (Å²) >= 11 is 6.34. The lowest BCUT2D eigenvalue weighted by molar-refractivity contribution is -0.0533. The number of hydrogen-bond acceptors (Lipinski definition) is 3. The standard InChI is InChI=1S/C20H26ClFN2O3/c1-19(22)7-4-8-20(26,12-19)13-23-18(25)14-11-24(9-10-27-2)16-6-3-5-15(21)17(14)16/h3,5-6,11,26H,4,7-10,12-13H2,1-2H3,(H,23,25)/t19?,20-/m1/s1. The second-order valence-electron chi connectivity index (χ2n) is 7.71. The molecule has 1 saturated carbocycles. The Labute approximate surface area is 163 Å². The number of aliphatic hydroxyl groups is 1. The van der Waals surface area contributed by atoms with Crippen LogP contribution in [0.1, 0.15) is 43.0 Å². The minimum absolute atomic E-state index is 0.0144. The van der Waals surface area contributed by atoms with Crippen LogP contribution < -0.4 is 5.32 Å². The molecule has 0 bridgehead atoms. The van der Waals surface area contributed by atoms with Gasteiger partial charge in [-0.15, -0.1) is 0 Å². The van der Waals surface area contributed by atoms with E-state index < -0.39 is 11.3 Å². The van der Waals surface area contributed by atoms with Crippen molar-refractivity contribution in [3.05, 3.63) is 35.0 Å². The lowest BCUT2D eigenvalue weighted by Crippen LogP contribution is -2.49. The summed E-state index contributed by atoms with van der Waals surface area (Å²) < 4.78 is 21.3. The number of aromatic nitrogens is 1. The number of methoxy groups -OCH3 is 1. The minimum Gasteiger partial charge on any atom is -0.388 e. The quantitative estimate of drug-likeness (QED) is 0.782. The Morgan fingerprint density at radius 2 is 2.22 bits per heavy atom. The molecule has 1 aromatic heterocycles. The molecule has 1 aromatic carbocycles. The maximum absolute atomic E-state index is 14.3. The predicted octanol–water partition coefficient (Wildman–Crippen LogP) is 3.70. The molecule has 5 nitrogen and oxygen atoms in total. The van der Waals surface area contributed by atoms with Gasteiger partial charge in [-0.3, -0.25) is 4.79 Å².